The Bertz CT molecular complexity index is 353. The zero-order chi connectivity index (χ0) is 12.0. The molecule has 0 saturated carbocycles. The molecule has 0 atom stereocenters. The monoisotopic (exact) mass is 239 g/mol. The zero-order valence-corrected chi connectivity index (χ0v) is 10.7. The Morgan fingerprint density at radius 3 is 2.69 bits per heavy atom. The van der Waals surface area contributed by atoms with Gasteiger partial charge >= 0.3 is 6.09 Å². The van der Waals surface area contributed by atoms with Crippen molar-refractivity contribution in [2.75, 3.05) is 19.8 Å². The van der Waals surface area contributed by atoms with E-state index in [0.29, 0.717) is 5.75 Å². The average Bonchev–Trinajstić information content (AvgIpc) is 2.27. The fourth-order valence-electron chi connectivity index (χ4n) is 1.12. The Hall–Kier alpha value is -1.16. The lowest BCUT2D eigenvalue weighted by molar-refractivity contribution is 0.171. The SMILES string of the molecule is CCSCc1ccccc1OC(=O)N(C)C. The van der Waals surface area contributed by atoms with Crippen molar-refractivity contribution in [2.45, 2.75) is 12.7 Å². The normalized spacial score (nSPS) is 9.94. The topological polar surface area (TPSA) is 29.5 Å². The van der Waals surface area contributed by atoms with E-state index < -0.39 is 0 Å². The highest BCUT2D eigenvalue weighted by Crippen LogP contribution is 2.23. The lowest BCUT2D eigenvalue weighted by atomic mass is 10.2. The maximum atomic E-state index is 11.4. The fourth-order valence-corrected chi connectivity index (χ4v) is 1.78. The maximum Gasteiger partial charge on any atom is 0.414 e. The molecule has 3 nitrogen and oxygen atoms in total. The van der Waals surface area contributed by atoms with E-state index >= 15 is 0 Å². The number of hydrogen-bond acceptors (Lipinski definition) is 3. The van der Waals surface area contributed by atoms with Gasteiger partial charge in [-0.05, 0) is 11.8 Å². The first-order chi connectivity index (χ1) is 7.65. The summed E-state index contributed by atoms with van der Waals surface area (Å²) in [5.74, 6) is 2.57. The summed E-state index contributed by atoms with van der Waals surface area (Å²) in [5, 5.41) is 0. The third-order valence-corrected chi connectivity index (χ3v) is 2.92. The summed E-state index contributed by atoms with van der Waals surface area (Å²) < 4.78 is 5.28. The van der Waals surface area contributed by atoms with Crippen LogP contribution in [0.3, 0.4) is 0 Å². The summed E-state index contributed by atoms with van der Waals surface area (Å²) in [6.45, 7) is 2.11. The molecule has 0 heterocycles. The molecule has 0 aromatic heterocycles. The van der Waals surface area contributed by atoms with Gasteiger partial charge in [0.1, 0.15) is 5.75 Å². The van der Waals surface area contributed by atoms with E-state index in [-0.39, 0.29) is 6.09 Å². The molecule has 0 bridgehead atoms. The second kappa shape index (κ2) is 6.43. The van der Waals surface area contributed by atoms with E-state index in [4.69, 9.17) is 4.74 Å². The number of thioether (sulfide) groups is 1. The molecule has 0 spiro atoms. The van der Waals surface area contributed by atoms with Gasteiger partial charge in [0.2, 0.25) is 0 Å². The van der Waals surface area contributed by atoms with Crippen molar-refractivity contribution >= 4 is 17.9 Å². The van der Waals surface area contributed by atoms with Crippen LogP contribution in [0.2, 0.25) is 0 Å². The van der Waals surface area contributed by atoms with Crippen LogP contribution < -0.4 is 4.74 Å². The Morgan fingerprint density at radius 2 is 2.06 bits per heavy atom. The van der Waals surface area contributed by atoms with Crippen LogP contribution in [0, 0.1) is 0 Å². The predicted octanol–water partition coefficient (Wildman–Crippen LogP) is 3.00. The van der Waals surface area contributed by atoms with Gasteiger partial charge in [0, 0.05) is 25.4 Å². The quantitative estimate of drug-likeness (QED) is 0.809. The molecule has 0 fully saturated rings. The average molecular weight is 239 g/mol. The van der Waals surface area contributed by atoms with Gasteiger partial charge in [-0.1, -0.05) is 25.1 Å². The minimum Gasteiger partial charge on any atom is -0.410 e. The molecule has 4 heteroatoms. The van der Waals surface area contributed by atoms with Gasteiger partial charge in [0.15, 0.2) is 0 Å². The number of hydrogen-bond donors (Lipinski definition) is 0. The molecular formula is C12H17NO2S. The van der Waals surface area contributed by atoms with Crippen molar-refractivity contribution in [3.05, 3.63) is 29.8 Å². The van der Waals surface area contributed by atoms with E-state index in [1.54, 1.807) is 25.9 Å². The van der Waals surface area contributed by atoms with Crippen molar-refractivity contribution in [1.82, 2.24) is 4.90 Å². The molecule has 0 N–H and O–H groups in total. The summed E-state index contributed by atoms with van der Waals surface area (Å²) in [5.41, 5.74) is 1.06. The molecule has 16 heavy (non-hydrogen) atoms. The van der Waals surface area contributed by atoms with E-state index in [0.717, 1.165) is 17.1 Å². The van der Waals surface area contributed by atoms with Crippen molar-refractivity contribution in [3.63, 3.8) is 0 Å². The molecule has 0 radical (unpaired) electrons. The van der Waals surface area contributed by atoms with Crippen LogP contribution in [0.4, 0.5) is 4.79 Å². The number of benzene rings is 1. The first-order valence-electron chi connectivity index (χ1n) is 5.20. The van der Waals surface area contributed by atoms with Gasteiger partial charge in [0.05, 0.1) is 0 Å². The second-order valence-electron chi connectivity index (χ2n) is 3.51. The van der Waals surface area contributed by atoms with Gasteiger partial charge in [-0.3, -0.25) is 0 Å². The number of para-hydroxylation sites is 1. The predicted molar refractivity (Wildman–Crippen MR) is 68.0 cm³/mol. The summed E-state index contributed by atoms with van der Waals surface area (Å²) in [6, 6.07) is 7.64. The lowest BCUT2D eigenvalue weighted by Crippen LogP contribution is -2.25. The molecule has 1 aromatic rings. The number of carbonyl (C=O) groups is 1. The van der Waals surface area contributed by atoms with Crippen LogP contribution in [0.15, 0.2) is 24.3 Å². The smallest absolute Gasteiger partial charge is 0.410 e. The number of rotatable bonds is 4. The maximum absolute atomic E-state index is 11.4. The van der Waals surface area contributed by atoms with E-state index in [1.165, 1.54) is 4.90 Å². The summed E-state index contributed by atoms with van der Waals surface area (Å²) in [7, 11) is 3.34. The van der Waals surface area contributed by atoms with Gasteiger partial charge in [-0.15, -0.1) is 0 Å². The molecular weight excluding hydrogens is 222 g/mol. The standard InChI is InChI=1S/C12H17NO2S/c1-4-16-9-10-7-5-6-8-11(10)15-12(14)13(2)3/h5-8H,4,9H2,1-3H3. The van der Waals surface area contributed by atoms with Crippen LogP contribution >= 0.6 is 11.8 Å². The third kappa shape index (κ3) is 3.77. The van der Waals surface area contributed by atoms with E-state index in [9.17, 15) is 4.79 Å². The summed E-state index contributed by atoms with van der Waals surface area (Å²) >= 11 is 1.81. The number of carbonyl (C=O) groups excluding carboxylic acids is 1. The van der Waals surface area contributed by atoms with Gasteiger partial charge < -0.3 is 9.64 Å². The molecule has 0 aliphatic heterocycles. The van der Waals surface area contributed by atoms with E-state index in [1.807, 2.05) is 24.3 Å². The van der Waals surface area contributed by atoms with Gasteiger partial charge in [-0.2, -0.15) is 11.8 Å². The second-order valence-corrected chi connectivity index (χ2v) is 4.78. The first kappa shape index (κ1) is 12.9. The van der Waals surface area contributed by atoms with Crippen molar-refractivity contribution in [3.8, 4) is 5.75 Å². The first-order valence-corrected chi connectivity index (χ1v) is 6.35. The molecule has 0 unspecified atom stereocenters. The summed E-state index contributed by atoms with van der Waals surface area (Å²) in [6.07, 6.45) is -0.339. The molecule has 1 rings (SSSR count). The Morgan fingerprint density at radius 1 is 1.38 bits per heavy atom. The van der Waals surface area contributed by atoms with Gasteiger partial charge in [0.25, 0.3) is 0 Å². The molecule has 0 aliphatic rings. The molecule has 0 saturated heterocycles. The largest absolute Gasteiger partial charge is 0.414 e. The number of ether oxygens (including phenoxy) is 1. The van der Waals surface area contributed by atoms with Crippen LogP contribution in [0.1, 0.15) is 12.5 Å². The van der Waals surface area contributed by atoms with E-state index in [2.05, 4.69) is 6.92 Å². The highest BCUT2D eigenvalue weighted by atomic mass is 32.2. The van der Waals surface area contributed by atoms with Crippen molar-refractivity contribution < 1.29 is 9.53 Å². The zero-order valence-electron chi connectivity index (χ0n) is 9.90. The lowest BCUT2D eigenvalue weighted by Gasteiger charge is -2.13. The molecule has 0 aliphatic carbocycles. The van der Waals surface area contributed by atoms with Crippen LogP contribution in [0.5, 0.6) is 5.75 Å². The van der Waals surface area contributed by atoms with Crippen molar-refractivity contribution in [2.24, 2.45) is 0 Å². The van der Waals surface area contributed by atoms with Crippen LogP contribution in [-0.2, 0) is 5.75 Å². The summed E-state index contributed by atoms with van der Waals surface area (Å²) in [4.78, 5) is 12.9. The minimum absolute atomic E-state index is 0.339. The molecule has 1 aromatic carbocycles. The third-order valence-electron chi connectivity index (χ3n) is 2.00. The number of nitrogens with zero attached hydrogens (tertiary/aromatic N) is 1. The fraction of sp³-hybridized carbons (Fsp3) is 0.417. The van der Waals surface area contributed by atoms with Crippen LogP contribution in [-0.4, -0.2) is 30.8 Å². The van der Waals surface area contributed by atoms with Crippen molar-refractivity contribution in [1.29, 1.82) is 0 Å². The Labute approximate surface area is 101 Å². The highest BCUT2D eigenvalue weighted by Gasteiger charge is 2.09. The Kier molecular flexibility index (Phi) is 5.19. The Balaban J connectivity index is 2.74. The van der Waals surface area contributed by atoms with Gasteiger partial charge in [-0.25, -0.2) is 4.79 Å². The number of amides is 1. The molecule has 88 valence electrons. The van der Waals surface area contributed by atoms with Crippen LogP contribution in [0.25, 0.3) is 0 Å². The molecule has 1 amide bonds. The minimum atomic E-state index is -0.339. The highest BCUT2D eigenvalue weighted by molar-refractivity contribution is 7.98.